The number of allylic oxidation sites excluding steroid dienone is 2. The average Bonchev–Trinajstić information content (AvgIpc) is 3.44. The van der Waals surface area contributed by atoms with Gasteiger partial charge in [-0.3, -0.25) is 9.59 Å². The third-order valence-corrected chi connectivity index (χ3v) is 16.0. The Labute approximate surface area is 443 Å². The van der Waals surface area contributed by atoms with Crippen LogP contribution in [-0.4, -0.2) is 48.6 Å². The quantitative estimate of drug-likeness (QED) is 0.0358. The number of hydrogen-bond acceptors (Lipinski definition) is 6. The van der Waals surface area contributed by atoms with Crippen molar-refractivity contribution in [2.75, 3.05) is 26.4 Å². The van der Waals surface area contributed by atoms with Gasteiger partial charge in [0.15, 0.2) is 0 Å². The maximum atomic E-state index is 12.5. The molecule has 6 nitrogen and oxygen atoms in total. The minimum Gasteiger partial charge on any atom is -0.465 e. The van der Waals surface area contributed by atoms with Crippen LogP contribution in [-0.2, 0) is 19.1 Å². The van der Waals surface area contributed by atoms with E-state index in [-0.39, 0.29) is 19.6 Å². The smallest absolute Gasteiger partial charge is 0.309 e. The van der Waals surface area contributed by atoms with Crippen LogP contribution in [0.2, 0.25) is 0 Å². The summed E-state index contributed by atoms with van der Waals surface area (Å²) in [7, 11) is 0. The van der Waals surface area contributed by atoms with Crippen molar-refractivity contribution in [2.24, 2.45) is 11.3 Å². The molecule has 1 aliphatic rings. The number of hydrogen-bond donors (Lipinski definition) is 2. The highest BCUT2D eigenvalue weighted by molar-refractivity contribution is 5.80. The SMILES string of the molecule is CCCCCCCCCCCCCCCCCCCCCCCCCCCCCCCCC/C=C/CCCCCCCCCCCCCCCCCCCCCC1CC(=O)OCC(CO)(CO)COC1=O. The molecule has 1 unspecified atom stereocenters. The first kappa shape index (κ1) is 67.6. The molecule has 1 fully saturated rings. The van der Waals surface area contributed by atoms with Crippen molar-refractivity contribution < 1.29 is 29.3 Å². The summed E-state index contributed by atoms with van der Waals surface area (Å²) < 4.78 is 10.6. The summed E-state index contributed by atoms with van der Waals surface area (Å²) in [4.78, 5) is 24.7. The Kier molecular flexibility index (Phi) is 52.2. The van der Waals surface area contributed by atoms with Gasteiger partial charge in [0.05, 0.1) is 31.0 Å². The van der Waals surface area contributed by atoms with Gasteiger partial charge in [-0.25, -0.2) is 0 Å². The van der Waals surface area contributed by atoms with Gasteiger partial charge < -0.3 is 19.7 Å². The Bertz CT molecular complexity index is 1120. The van der Waals surface area contributed by atoms with E-state index < -0.39 is 36.5 Å². The van der Waals surface area contributed by atoms with E-state index in [1.165, 1.54) is 315 Å². The zero-order chi connectivity index (χ0) is 51.1. The van der Waals surface area contributed by atoms with Gasteiger partial charge >= 0.3 is 11.9 Å². The van der Waals surface area contributed by atoms with Crippen molar-refractivity contribution in [1.82, 2.24) is 0 Å². The number of carbonyl (C=O) groups is 2. The fraction of sp³-hybridized carbons (Fsp3) is 0.938. The molecule has 0 bridgehead atoms. The predicted molar refractivity (Wildman–Crippen MR) is 306 cm³/mol. The predicted octanol–water partition coefficient (Wildman–Crippen LogP) is 20.3. The second-order valence-electron chi connectivity index (χ2n) is 23.1. The monoisotopic (exact) mass is 1000 g/mol. The van der Waals surface area contributed by atoms with Gasteiger partial charge in [-0.2, -0.15) is 0 Å². The van der Waals surface area contributed by atoms with E-state index in [0.717, 1.165) is 19.3 Å². The molecule has 0 aromatic heterocycles. The Morgan fingerprint density at radius 1 is 0.366 bits per heavy atom. The number of ether oxygens (including phenoxy) is 2. The largest absolute Gasteiger partial charge is 0.465 e. The summed E-state index contributed by atoms with van der Waals surface area (Å²) in [6, 6.07) is 0. The first-order chi connectivity index (χ1) is 35.1. The Morgan fingerprint density at radius 2 is 0.606 bits per heavy atom. The van der Waals surface area contributed by atoms with E-state index in [0.29, 0.717) is 6.42 Å². The van der Waals surface area contributed by atoms with Crippen LogP contribution in [0.5, 0.6) is 0 Å². The molecular weight excluding hydrogens is 877 g/mol. The van der Waals surface area contributed by atoms with Crippen LogP contribution < -0.4 is 0 Å². The third-order valence-electron chi connectivity index (χ3n) is 16.0. The molecule has 71 heavy (non-hydrogen) atoms. The fourth-order valence-electron chi connectivity index (χ4n) is 10.8. The molecule has 0 saturated carbocycles. The highest BCUT2D eigenvalue weighted by Crippen LogP contribution is 2.25. The van der Waals surface area contributed by atoms with E-state index in [1.807, 2.05) is 0 Å². The van der Waals surface area contributed by atoms with E-state index >= 15 is 0 Å². The maximum Gasteiger partial charge on any atom is 0.309 e. The van der Waals surface area contributed by atoms with Crippen LogP contribution >= 0.6 is 0 Å². The lowest BCUT2D eigenvalue weighted by atomic mass is 9.92. The minimum atomic E-state index is -1.12. The van der Waals surface area contributed by atoms with Crippen molar-refractivity contribution in [1.29, 1.82) is 0 Å². The fourth-order valence-corrected chi connectivity index (χ4v) is 10.8. The summed E-state index contributed by atoms with van der Waals surface area (Å²) in [5, 5.41) is 19.2. The number of aliphatic hydroxyl groups excluding tert-OH is 2. The van der Waals surface area contributed by atoms with Gasteiger partial charge in [0.25, 0.3) is 0 Å². The molecule has 1 heterocycles. The molecule has 1 saturated heterocycles. The zero-order valence-electron chi connectivity index (χ0n) is 47.8. The summed E-state index contributed by atoms with van der Waals surface area (Å²) in [6.45, 7) is 1.21. The third kappa shape index (κ3) is 46.8. The Balaban J connectivity index is 1.68. The molecule has 0 radical (unpaired) electrons. The lowest BCUT2D eigenvalue weighted by molar-refractivity contribution is -0.155. The standard InChI is InChI=1S/C65H124O6/c1-2-3-4-5-6-7-8-9-10-11-12-13-14-15-16-17-18-19-20-21-22-23-24-25-26-27-28-29-30-31-32-33-34-35-36-37-38-39-40-41-42-43-44-45-46-47-48-49-50-51-52-53-54-55-56-62-57-63(68)70-60-65(58-66,59-67)61-71-64(62)69/h34-35,62,66-67H,2-33,36-61H2,1H3/b35-34+. The topological polar surface area (TPSA) is 93.1 Å². The normalized spacial score (nSPS) is 15.3. The minimum absolute atomic E-state index is 0.00391. The first-order valence-corrected chi connectivity index (χ1v) is 32.3. The van der Waals surface area contributed by atoms with Gasteiger partial charge in [-0.15, -0.1) is 0 Å². The van der Waals surface area contributed by atoms with Crippen LogP contribution in [0.3, 0.4) is 0 Å². The number of cyclic esters (lactones) is 2. The molecule has 420 valence electrons. The highest BCUT2D eigenvalue weighted by atomic mass is 16.6. The molecule has 6 heteroatoms. The summed E-state index contributed by atoms with van der Waals surface area (Å²) in [5.74, 6) is -1.40. The van der Waals surface area contributed by atoms with Crippen LogP contribution in [0.15, 0.2) is 12.2 Å². The van der Waals surface area contributed by atoms with Crippen LogP contribution in [0, 0.1) is 11.3 Å². The van der Waals surface area contributed by atoms with Crippen LogP contribution in [0.4, 0.5) is 0 Å². The molecular formula is C65H124O6. The molecule has 0 aromatic carbocycles. The molecule has 1 aliphatic heterocycles. The Hall–Kier alpha value is -1.40. The van der Waals surface area contributed by atoms with Gasteiger partial charge in [0.2, 0.25) is 0 Å². The molecule has 0 aromatic rings. The van der Waals surface area contributed by atoms with Crippen molar-refractivity contribution in [3.05, 3.63) is 12.2 Å². The number of esters is 2. The van der Waals surface area contributed by atoms with E-state index in [4.69, 9.17) is 9.47 Å². The van der Waals surface area contributed by atoms with Gasteiger partial charge in [-0.05, 0) is 32.1 Å². The molecule has 1 rings (SSSR count). The number of rotatable bonds is 56. The van der Waals surface area contributed by atoms with Crippen molar-refractivity contribution >= 4 is 11.9 Å². The van der Waals surface area contributed by atoms with Crippen molar-refractivity contribution in [3.8, 4) is 0 Å². The summed E-state index contributed by atoms with van der Waals surface area (Å²) in [5.41, 5.74) is -1.12. The van der Waals surface area contributed by atoms with E-state index in [1.54, 1.807) is 0 Å². The molecule has 2 N–H and O–H groups in total. The lowest BCUT2D eigenvalue weighted by Gasteiger charge is -2.27. The summed E-state index contributed by atoms with van der Waals surface area (Å²) in [6.07, 6.45) is 78.7. The van der Waals surface area contributed by atoms with Crippen LogP contribution in [0.25, 0.3) is 0 Å². The zero-order valence-corrected chi connectivity index (χ0v) is 47.8. The number of carbonyl (C=O) groups excluding carboxylic acids is 2. The molecule has 0 spiro atoms. The second kappa shape index (κ2) is 54.8. The average molecular weight is 1000 g/mol. The summed E-state index contributed by atoms with van der Waals surface area (Å²) >= 11 is 0. The van der Waals surface area contributed by atoms with Gasteiger partial charge in [0, 0.05) is 0 Å². The number of aliphatic hydroxyl groups is 2. The van der Waals surface area contributed by atoms with Gasteiger partial charge in [-0.1, -0.05) is 327 Å². The van der Waals surface area contributed by atoms with Crippen LogP contribution in [0.1, 0.15) is 354 Å². The van der Waals surface area contributed by atoms with E-state index in [2.05, 4.69) is 19.1 Å². The molecule has 1 atom stereocenters. The van der Waals surface area contributed by atoms with Gasteiger partial charge in [0.1, 0.15) is 13.2 Å². The molecule has 0 aliphatic carbocycles. The van der Waals surface area contributed by atoms with Crippen molar-refractivity contribution in [3.63, 3.8) is 0 Å². The second-order valence-corrected chi connectivity index (χ2v) is 23.1. The first-order valence-electron chi connectivity index (χ1n) is 32.3. The molecule has 0 amide bonds. The highest BCUT2D eigenvalue weighted by Gasteiger charge is 2.36. The Morgan fingerprint density at radius 3 is 0.873 bits per heavy atom. The van der Waals surface area contributed by atoms with Crippen molar-refractivity contribution in [2.45, 2.75) is 354 Å². The lowest BCUT2D eigenvalue weighted by Crippen LogP contribution is -2.40. The van der Waals surface area contributed by atoms with E-state index in [9.17, 15) is 19.8 Å². The maximum absolute atomic E-state index is 12.5. The number of unbranched alkanes of at least 4 members (excludes halogenated alkanes) is 50.